The Hall–Kier alpha value is -0.780. The Balaban J connectivity index is 4.10. The van der Waals surface area contributed by atoms with Crippen LogP contribution < -0.4 is 0 Å². The quantitative estimate of drug-likeness (QED) is 0.536. The summed E-state index contributed by atoms with van der Waals surface area (Å²) in [4.78, 5) is 0. The minimum atomic E-state index is 1.14. The van der Waals surface area contributed by atoms with Crippen LogP contribution in [0.4, 0.5) is 0 Å². The Morgan fingerprint density at radius 2 is 1.82 bits per heavy atom. The predicted molar refractivity (Wildman–Crippen MR) is 52.6 cm³/mol. The average Bonchev–Trinajstić information content (AvgIpc) is 2.01. The van der Waals surface area contributed by atoms with Crippen molar-refractivity contribution in [3.05, 3.63) is 35.5 Å². The van der Waals surface area contributed by atoms with Crippen LogP contribution in [0.5, 0.6) is 0 Å². The summed E-state index contributed by atoms with van der Waals surface area (Å²) in [5, 5.41) is 0. The maximum absolute atomic E-state index is 2.18. The van der Waals surface area contributed by atoms with Crippen LogP contribution in [0, 0.1) is 0 Å². The lowest BCUT2D eigenvalue weighted by molar-refractivity contribution is 1.10. The van der Waals surface area contributed by atoms with Gasteiger partial charge in [0, 0.05) is 0 Å². The SMILES string of the molecule is C/C=C/C(C)=C\C=C(\C)CC. The topological polar surface area (TPSA) is 0 Å². The van der Waals surface area contributed by atoms with Gasteiger partial charge in [-0.1, -0.05) is 42.4 Å². The molecule has 62 valence electrons. The second-order valence-electron chi connectivity index (χ2n) is 2.78. The molecule has 0 aromatic heterocycles. The van der Waals surface area contributed by atoms with Crippen molar-refractivity contribution in [1.29, 1.82) is 0 Å². The highest BCUT2D eigenvalue weighted by Crippen LogP contribution is 2.01. The van der Waals surface area contributed by atoms with Gasteiger partial charge in [-0.15, -0.1) is 0 Å². The first-order valence-electron chi connectivity index (χ1n) is 4.17. The van der Waals surface area contributed by atoms with Gasteiger partial charge in [-0.25, -0.2) is 0 Å². The first-order valence-corrected chi connectivity index (χ1v) is 4.17. The first kappa shape index (κ1) is 10.2. The molecule has 0 heteroatoms. The Labute approximate surface area is 70.3 Å². The van der Waals surface area contributed by atoms with Gasteiger partial charge in [0.1, 0.15) is 0 Å². The number of hydrogen-bond acceptors (Lipinski definition) is 0. The molecule has 0 N–H and O–H groups in total. The second kappa shape index (κ2) is 5.96. The molecule has 0 aliphatic heterocycles. The van der Waals surface area contributed by atoms with Crippen molar-refractivity contribution in [2.24, 2.45) is 0 Å². The molecule has 0 aromatic carbocycles. The van der Waals surface area contributed by atoms with E-state index in [1.165, 1.54) is 11.1 Å². The molecule has 0 saturated heterocycles. The van der Waals surface area contributed by atoms with E-state index < -0.39 is 0 Å². The third-order valence-corrected chi connectivity index (χ3v) is 1.62. The van der Waals surface area contributed by atoms with Crippen molar-refractivity contribution in [2.75, 3.05) is 0 Å². The van der Waals surface area contributed by atoms with Crippen molar-refractivity contribution in [2.45, 2.75) is 34.1 Å². The zero-order valence-corrected chi connectivity index (χ0v) is 8.02. The zero-order valence-electron chi connectivity index (χ0n) is 8.02. The van der Waals surface area contributed by atoms with E-state index >= 15 is 0 Å². The molecule has 0 rings (SSSR count). The fraction of sp³-hybridized carbons (Fsp3) is 0.455. The summed E-state index contributed by atoms with van der Waals surface area (Å²) < 4.78 is 0. The maximum atomic E-state index is 2.18. The number of allylic oxidation sites excluding steroid dienone is 6. The van der Waals surface area contributed by atoms with Gasteiger partial charge in [0.2, 0.25) is 0 Å². The van der Waals surface area contributed by atoms with Crippen molar-refractivity contribution in [1.82, 2.24) is 0 Å². The molecule has 0 saturated carbocycles. The van der Waals surface area contributed by atoms with Gasteiger partial charge in [0.25, 0.3) is 0 Å². The monoisotopic (exact) mass is 150 g/mol. The average molecular weight is 150 g/mol. The summed E-state index contributed by atoms with van der Waals surface area (Å²) in [5.74, 6) is 0. The highest BCUT2D eigenvalue weighted by atomic mass is 13.9. The van der Waals surface area contributed by atoms with Crippen molar-refractivity contribution in [3.8, 4) is 0 Å². The summed E-state index contributed by atoms with van der Waals surface area (Å²) in [6.07, 6.45) is 9.63. The third kappa shape index (κ3) is 5.65. The van der Waals surface area contributed by atoms with Gasteiger partial charge >= 0.3 is 0 Å². The summed E-state index contributed by atoms with van der Waals surface area (Å²) in [6.45, 7) is 8.47. The first-order chi connectivity index (χ1) is 5.20. The lowest BCUT2D eigenvalue weighted by Gasteiger charge is -1.91. The van der Waals surface area contributed by atoms with E-state index in [0.717, 1.165) is 6.42 Å². The van der Waals surface area contributed by atoms with Crippen LogP contribution >= 0.6 is 0 Å². The zero-order chi connectivity index (χ0) is 8.69. The van der Waals surface area contributed by atoms with E-state index in [2.05, 4.69) is 45.1 Å². The molecule has 0 atom stereocenters. The Kier molecular flexibility index (Phi) is 5.54. The van der Waals surface area contributed by atoms with Crippen molar-refractivity contribution in [3.63, 3.8) is 0 Å². The molecular formula is C11H18. The standard InChI is InChI=1S/C11H18/c1-5-7-11(4)9-8-10(3)6-2/h5,7-9H,6H2,1-4H3/b7-5+,10-8-,11-9-. The van der Waals surface area contributed by atoms with Crippen LogP contribution in [0.2, 0.25) is 0 Å². The third-order valence-electron chi connectivity index (χ3n) is 1.62. The Morgan fingerprint density at radius 1 is 1.18 bits per heavy atom. The molecule has 0 aliphatic carbocycles. The molecule has 0 radical (unpaired) electrons. The molecule has 0 heterocycles. The van der Waals surface area contributed by atoms with Crippen LogP contribution in [-0.4, -0.2) is 0 Å². The van der Waals surface area contributed by atoms with Gasteiger partial charge in [-0.05, 0) is 27.2 Å². The second-order valence-corrected chi connectivity index (χ2v) is 2.78. The van der Waals surface area contributed by atoms with E-state index in [1.54, 1.807) is 0 Å². The summed E-state index contributed by atoms with van der Waals surface area (Å²) in [7, 11) is 0. The normalized spacial score (nSPS) is 14.5. The van der Waals surface area contributed by atoms with Gasteiger partial charge in [-0.3, -0.25) is 0 Å². The fourth-order valence-electron chi connectivity index (χ4n) is 0.710. The molecule has 0 spiro atoms. The number of rotatable bonds is 3. The Morgan fingerprint density at radius 3 is 2.27 bits per heavy atom. The molecule has 0 aliphatic rings. The molecule has 0 nitrogen and oxygen atoms in total. The highest BCUT2D eigenvalue weighted by Gasteiger charge is 1.80. The van der Waals surface area contributed by atoms with E-state index in [-0.39, 0.29) is 0 Å². The van der Waals surface area contributed by atoms with Crippen molar-refractivity contribution < 1.29 is 0 Å². The maximum Gasteiger partial charge on any atom is -0.0349 e. The van der Waals surface area contributed by atoms with Gasteiger partial charge in [0.05, 0.1) is 0 Å². The van der Waals surface area contributed by atoms with Crippen LogP contribution in [-0.2, 0) is 0 Å². The molecule has 11 heavy (non-hydrogen) atoms. The minimum absolute atomic E-state index is 1.14. The van der Waals surface area contributed by atoms with Crippen molar-refractivity contribution >= 4 is 0 Å². The number of hydrogen-bond donors (Lipinski definition) is 0. The van der Waals surface area contributed by atoms with Gasteiger partial charge in [0.15, 0.2) is 0 Å². The van der Waals surface area contributed by atoms with Crippen LogP contribution in [0.3, 0.4) is 0 Å². The molecule has 0 amide bonds. The lowest BCUT2D eigenvalue weighted by Crippen LogP contribution is -1.70. The Bertz CT molecular complexity index is 180. The highest BCUT2D eigenvalue weighted by molar-refractivity contribution is 5.23. The van der Waals surface area contributed by atoms with Gasteiger partial charge < -0.3 is 0 Å². The summed E-state index contributed by atoms with van der Waals surface area (Å²) in [6, 6.07) is 0. The van der Waals surface area contributed by atoms with E-state index in [1.807, 2.05) is 6.92 Å². The fourth-order valence-corrected chi connectivity index (χ4v) is 0.710. The van der Waals surface area contributed by atoms with E-state index in [0.29, 0.717) is 0 Å². The molecule has 0 bridgehead atoms. The molecular weight excluding hydrogens is 132 g/mol. The van der Waals surface area contributed by atoms with Crippen LogP contribution in [0.25, 0.3) is 0 Å². The molecule has 0 aromatic rings. The minimum Gasteiger partial charge on any atom is -0.0874 e. The largest absolute Gasteiger partial charge is 0.0874 e. The van der Waals surface area contributed by atoms with E-state index in [4.69, 9.17) is 0 Å². The van der Waals surface area contributed by atoms with Gasteiger partial charge in [-0.2, -0.15) is 0 Å². The summed E-state index contributed by atoms with van der Waals surface area (Å²) in [5.41, 5.74) is 2.73. The smallest absolute Gasteiger partial charge is 0.0349 e. The van der Waals surface area contributed by atoms with E-state index in [9.17, 15) is 0 Å². The molecule has 0 unspecified atom stereocenters. The van der Waals surface area contributed by atoms with Crippen LogP contribution in [0.15, 0.2) is 35.5 Å². The lowest BCUT2D eigenvalue weighted by atomic mass is 10.2. The predicted octanol–water partition coefficient (Wildman–Crippen LogP) is 3.87. The summed E-state index contributed by atoms with van der Waals surface area (Å²) >= 11 is 0. The van der Waals surface area contributed by atoms with Crippen LogP contribution in [0.1, 0.15) is 34.1 Å². The molecule has 0 fully saturated rings.